The first-order valence-electron chi connectivity index (χ1n) is 8.85. The molecule has 0 aromatic heterocycles. The number of guanidine groups is 1. The summed E-state index contributed by atoms with van der Waals surface area (Å²) in [5.41, 5.74) is 0. The van der Waals surface area contributed by atoms with Crippen LogP contribution in [-0.4, -0.2) is 52.5 Å². The predicted octanol–water partition coefficient (Wildman–Crippen LogP) is 3.04. The Morgan fingerprint density at radius 2 is 1.83 bits per heavy atom. The maximum atomic E-state index is 5.46. The standard InChI is InChI=1S/C17H35N3O2.HI/c1-4-18-17(19-10-5-11-22-13-12-21-3)20-14-16-8-6-15(2)7-9-16;/h15-16H,4-14H2,1-3H3,(H2,18,19,20);1H. The molecule has 138 valence electrons. The minimum atomic E-state index is 0. The van der Waals surface area contributed by atoms with Crippen molar-refractivity contribution in [2.24, 2.45) is 16.8 Å². The van der Waals surface area contributed by atoms with E-state index >= 15 is 0 Å². The van der Waals surface area contributed by atoms with Gasteiger partial charge in [0.15, 0.2) is 5.96 Å². The second-order valence-electron chi connectivity index (χ2n) is 6.23. The summed E-state index contributed by atoms with van der Waals surface area (Å²) >= 11 is 0. The number of methoxy groups -OCH3 is 1. The number of nitrogens with one attached hydrogen (secondary N) is 2. The van der Waals surface area contributed by atoms with Gasteiger partial charge in [-0.3, -0.25) is 4.99 Å². The van der Waals surface area contributed by atoms with Gasteiger partial charge in [-0.05, 0) is 38.0 Å². The molecule has 1 rings (SSSR count). The van der Waals surface area contributed by atoms with E-state index in [4.69, 9.17) is 14.5 Å². The smallest absolute Gasteiger partial charge is 0.191 e. The average Bonchev–Trinajstić information content (AvgIpc) is 2.53. The lowest BCUT2D eigenvalue weighted by Crippen LogP contribution is -2.38. The van der Waals surface area contributed by atoms with Crippen molar-refractivity contribution >= 4 is 29.9 Å². The monoisotopic (exact) mass is 441 g/mol. The number of rotatable bonds is 10. The van der Waals surface area contributed by atoms with Gasteiger partial charge in [0.2, 0.25) is 0 Å². The van der Waals surface area contributed by atoms with Crippen LogP contribution >= 0.6 is 24.0 Å². The molecular formula is C17H36IN3O2. The van der Waals surface area contributed by atoms with Crippen molar-refractivity contribution in [3.05, 3.63) is 0 Å². The third-order valence-corrected chi connectivity index (χ3v) is 4.18. The number of nitrogens with zero attached hydrogens (tertiary/aromatic N) is 1. The van der Waals surface area contributed by atoms with Crippen LogP contribution in [0.15, 0.2) is 4.99 Å². The summed E-state index contributed by atoms with van der Waals surface area (Å²) < 4.78 is 10.4. The predicted molar refractivity (Wildman–Crippen MR) is 108 cm³/mol. The summed E-state index contributed by atoms with van der Waals surface area (Å²) in [6, 6.07) is 0. The molecule has 6 heteroatoms. The van der Waals surface area contributed by atoms with Gasteiger partial charge in [0, 0.05) is 33.4 Å². The number of hydrogen-bond donors (Lipinski definition) is 2. The van der Waals surface area contributed by atoms with Crippen LogP contribution < -0.4 is 10.6 Å². The van der Waals surface area contributed by atoms with Crippen molar-refractivity contribution in [3.63, 3.8) is 0 Å². The maximum absolute atomic E-state index is 5.46. The third kappa shape index (κ3) is 12.0. The normalized spacial score (nSPS) is 21.6. The van der Waals surface area contributed by atoms with Crippen LogP contribution in [0.3, 0.4) is 0 Å². The van der Waals surface area contributed by atoms with Gasteiger partial charge in [-0.2, -0.15) is 0 Å². The van der Waals surface area contributed by atoms with E-state index in [1.54, 1.807) is 7.11 Å². The summed E-state index contributed by atoms with van der Waals surface area (Å²) in [6.45, 7) is 9.30. The van der Waals surface area contributed by atoms with Crippen molar-refractivity contribution in [3.8, 4) is 0 Å². The molecule has 1 fully saturated rings. The lowest BCUT2D eigenvalue weighted by atomic mass is 9.83. The van der Waals surface area contributed by atoms with Gasteiger partial charge in [0.1, 0.15) is 0 Å². The van der Waals surface area contributed by atoms with Crippen molar-refractivity contribution in [2.75, 3.05) is 46.6 Å². The zero-order valence-corrected chi connectivity index (χ0v) is 17.4. The molecule has 0 radical (unpaired) electrons. The molecule has 23 heavy (non-hydrogen) atoms. The van der Waals surface area contributed by atoms with Crippen LogP contribution in [0, 0.1) is 11.8 Å². The summed E-state index contributed by atoms with van der Waals surface area (Å²) in [5, 5.41) is 6.71. The molecule has 1 aliphatic rings. The van der Waals surface area contributed by atoms with E-state index in [1.807, 2.05) is 0 Å². The van der Waals surface area contributed by atoms with Crippen LogP contribution in [0.2, 0.25) is 0 Å². The number of aliphatic imine (C=N–C) groups is 1. The molecule has 5 nitrogen and oxygen atoms in total. The van der Waals surface area contributed by atoms with Crippen LogP contribution in [0.1, 0.15) is 46.0 Å². The summed E-state index contributed by atoms with van der Waals surface area (Å²) in [4.78, 5) is 4.74. The van der Waals surface area contributed by atoms with Gasteiger partial charge in [-0.1, -0.05) is 19.8 Å². The summed E-state index contributed by atoms with van der Waals surface area (Å²) in [7, 11) is 1.69. The Morgan fingerprint density at radius 3 is 2.48 bits per heavy atom. The van der Waals surface area contributed by atoms with Gasteiger partial charge < -0.3 is 20.1 Å². The highest BCUT2D eigenvalue weighted by atomic mass is 127. The minimum Gasteiger partial charge on any atom is -0.382 e. The molecule has 0 heterocycles. The Kier molecular flexibility index (Phi) is 15.4. The van der Waals surface area contributed by atoms with Crippen molar-refractivity contribution in [1.82, 2.24) is 10.6 Å². The van der Waals surface area contributed by atoms with E-state index in [0.29, 0.717) is 13.2 Å². The van der Waals surface area contributed by atoms with Gasteiger partial charge >= 0.3 is 0 Å². The number of ether oxygens (including phenoxy) is 2. The number of halogens is 1. The zero-order valence-electron chi connectivity index (χ0n) is 15.1. The molecule has 0 atom stereocenters. The topological polar surface area (TPSA) is 54.9 Å². The fraction of sp³-hybridized carbons (Fsp3) is 0.941. The van der Waals surface area contributed by atoms with Crippen LogP contribution in [-0.2, 0) is 9.47 Å². The van der Waals surface area contributed by atoms with Crippen molar-refractivity contribution < 1.29 is 9.47 Å². The van der Waals surface area contributed by atoms with Crippen LogP contribution in [0.5, 0.6) is 0 Å². The summed E-state index contributed by atoms with van der Waals surface area (Å²) in [5.74, 6) is 2.62. The molecule has 1 aliphatic carbocycles. The lowest BCUT2D eigenvalue weighted by Gasteiger charge is -2.25. The Bertz CT molecular complexity index is 296. The van der Waals surface area contributed by atoms with E-state index in [1.165, 1.54) is 25.7 Å². The first-order chi connectivity index (χ1) is 10.8. The molecule has 0 amide bonds. The van der Waals surface area contributed by atoms with E-state index in [9.17, 15) is 0 Å². The molecule has 0 aliphatic heterocycles. The quantitative estimate of drug-likeness (QED) is 0.237. The Labute approximate surface area is 159 Å². The molecule has 0 aromatic rings. The van der Waals surface area contributed by atoms with Crippen molar-refractivity contribution in [1.29, 1.82) is 0 Å². The van der Waals surface area contributed by atoms with Gasteiger partial charge in [0.25, 0.3) is 0 Å². The SMILES string of the molecule is CCNC(=NCC1CCC(C)CC1)NCCCOCCOC.I. The molecule has 2 N–H and O–H groups in total. The fourth-order valence-corrected chi connectivity index (χ4v) is 2.70. The van der Waals surface area contributed by atoms with E-state index in [0.717, 1.165) is 50.5 Å². The molecule has 0 bridgehead atoms. The molecule has 1 saturated carbocycles. The molecule has 0 unspecified atom stereocenters. The molecular weight excluding hydrogens is 405 g/mol. The first-order valence-corrected chi connectivity index (χ1v) is 8.85. The van der Waals surface area contributed by atoms with E-state index in [-0.39, 0.29) is 24.0 Å². The zero-order chi connectivity index (χ0) is 16.0. The Hall–Kier alpha value is -0.0800. The summed E-state index contributed by atoms with van der Waals surface area (Å²) in [6.07, 6.45) is 6.37. The highest BCUT2D eigenvalue weighted by Crippen LogP contribution is 2.28. The second kappa shape index (κ2) is 15.4. The highest BCUT2D eigenvalue weighted by Gasteiger charge is 2.17. The largest absolute Gasteiger partial charge is 0.382 e. The highest BCUT2D eigenvalue weighted by molar-refractivity contribution is 14.0. The maximum Gasteiger partial charge on any atom is 0.191 e. The first kappa shape index (κ1) is 22.9. The molecule has 0 saturated heterocycles. The van der Waals surface area contributed by atoms with Crippen molar-refractivity contribution in [2.45, 2.75) is 46.0 Å². The minimum absolute atomic E-state index is 0. The average molecular weight is 441 g/mol. The Morgan fingerprint density at radius 1 is 1.09 bits per heavy atom. The van der Waals surface area contributed by atoms with Gasteiger partial charge in [-0.15, -0.1) is 24.0 Å². The van der Waals surface area contributed by atoms with Crippen LogP contribution in [0.25, 0.3) is 0 Å². The van der Waals surface area contributed by atoms with Gasteiger partial charge in [-0.25, -0.2) is 0 Å². The molecule has 0 spiro atoms. The fourth-order valence-electron chi connectivity index (χ4n) is 2.70. The van der Waals surface area contributed by atoms with Crippen LogP contribution in [0.4, 0.5) is 0 Å². The second-order valence-corrected chi connectivity index (χ2v) is 6.23. The van der Waals surface area contributed by atoms with E-state index < -0.39 is 0 Å². The van der Waals surface area contributed by atoms with Gasteiger partial charge in [0.05, 0.1) is 13.2 Å². The lowest BCUT2D eigenvalue weighted by molar-refractivity contribution is 0.0698. The Balaban J connectivity index is 0.00000484. The number of hydrogen-bond acceptors (Lipinski definition) is 3. The third-order valence-electron chi connectivity index (χ3n) is 4.18. The van der Waals surface area contributed by atoms with E-state index in [2.05, 4.69) is 24.5 Å². The molecule has 0 aromatic carbocycles.